The molecule has 2 atom stereocenters. The van der Waals surface area contributed by atoms with Gasteiger partial charge in [-0.15, -0.1) is 0 Å². The SMILES string of the molecule is COCCNC(=O)CN(C)C(c1ccsc1)C(C)N. The first-order valence-electron chi connectivity index (χ1n) is 6.29. The standard InChI is InChI=1S/C13H23N3O2S/c1-10(14)13(11-4-7-19-9-11)16(2)8-12(17)15-5-6-18-3/h4,7,9-10,13H,5-6,8,14H2,1-3H3,(H,15,17). The number of nitrogens with two attached hydrogens (primary N) is 1. The van der Waals surface area contributed by atoms with Crippen molar-refractivity contribution in [1.29, 1.82) is 0 Å². The molecule has 0 radical (unpaired) electrons. The number of carbonyl (C=O) groups excluding carboxylic acids is 1. The lowest BCUT2D eigenvalue weighted by molar-refractivity contribution is -0.122. The van der Waals surface area contributed by atoms with E-state index in [1.165, 1.54) is 0 Å². The fourth-order valence-electron chi connectivity index (χ4n) is 2.08. The molecule has 0 aliphatic heterocycles. The van der Waals surface area contributed by atoms with Crippen molar-refractivity contribution in [2.45, 2.75) is 19.0 Å². The highest BCUT2D eigenvalue weighted by molar-refractivity contribution is 7.07. The van der Waals surface area contributed by atoms with Crippen LogP contribution >= 0.6 is 11.3 Å². The lowest BCUT2D eigenvalue weighted by atomic mass is 10.0. The van der Waals surface area contributed by atoms with Crippen molar-refractivity contribution < 1.29 is 9.53 Å². The fourth-order valence-corrected chi connectivity index (χ4v) is 2.77. The Balaban J connectivity index is 2.53. The third-order valence-corrected chi connectivity index (χ3v) is 3.58. The van der Waals surface area contributed by atoms with Gasteiger partial charge < -0.3 is 15.8 Å². The van der Waals surface area contributed by atoms with Crippen LogP contribution in [0.4, 0.5) is 0 Å². The Bertz CT molecular complexity index is 368. The van der Waals surface area contributed by atoms with Gasteiger partial charge in [0.05, 0.1) is 19.2 Å². The Hall–Kier alpha value is -0.950. The van der Waals surface area contributed by atoms with Crippen molar-refractivity contribution in [3.63, 3.8) is 0 Å². The smallest absolute Gasteiger partial charge is 0.234 e. The van der Waals surface area contributed by atoms with Gasteiger partial charge in [-0.25, -0.2) is 0 Å². The second-order valence-electron chi connectivity index (χ2n) is 4.62. The van der Waals surface area contributed by atoms with Crippen molar-refractivity contribution >= 4 is 17.2 Å². The van der Waals surface area contributed by atoms with Crippen LogP contribution in [0, 0.1) is 0 Å². The molecule has 0 aliphatic rings. The first kappa shape index (κ1) is 16.1. The summed E-state index contributed by atoms with van der Waals surface area (Å²) in [4.78, 5) is 13.8. The highest BCUT2D eigenvalue weighted by Gasteiger charge is 2.23. The molecular formula is C13H23N3O2S. The molecule has 19 heavy (non-hydrogen) atoms. The normalized spacial score (nSPS) is 14.4. The number of ether oxygens (including phenoxy) is 1. The molecule has 1 heterocycles. The number of nitrogens with zero attached hydrogens (tertiary/aromatic N) is 1. The molecule has 1 amide bonds. The van der Waals surface area contributed by atoms with E-state index in [1.54, 1.807) is 18.4 Å². The Kier molecular flexibility index (Phi) is 7.01. The summed E-state index contributed by atoms with van der Waals surface area (Å²) in [5, 5.41) is 6.91. The number of thiophene rings is 1. The van der Waals surface area contributed by atoms with Gasteiger partial charge >= 0.3 is 0 Å². The van der Waals surface area contributed by atoms with Gasteiger partial charge in [0.2, 0.25) is 5.91 Å². The van der Waals surface area contributed by atoms with Gasteiger partial charge in [0.15, 0.2) is 0 Å². The molecule has 0 spiro atoms. The number of amides is 1. The molecule has 0 aliphatic carbocycles. The topological polar surface area (TPSA) is 67.6 Å². The van der Waals surface area contributed by atoms with E-state index >= 15 is 0 Å². The zero-order valence-electron chi connectivity index (χ0n) is 11.8. The largest absolute Gasteiger partial charge is 0.383 e. The average Bonchev–Trinajstić information content (AvgIpc) is 2.82. The number of hydrogen-bond acceptors (Lipinski definition) is 5. The van der Waals surface area contributed by atoms with Crippen molar-refractivity contribution in [1.82, 2.24) is 10.2 Å². The summed E-state index contributed by atoms with van der Waals surface area (Å²) in [6.45, 7) is 3.34. The summed E-state index contributed by atoms with van der Waals surface area (Å²) in [7, 11) is 3.53. The Labute approximate surface area is 118 Å². The van der Waals surface area contributed by atoms with Gasteiger partial charge in [0.25, 0.3) is 0 Å². The maximum absolute atomic E-state index is 11.8. The maximum Gasteiger partial charge on any atom is 0.234 e. The van der Waals surface area contributed by atoms with E-state index in [0.717, 1.165) is 5.56 Å². The number of rotatable bonds is 8. The first-order chi connectivity index (χ1) is 9.06. The molecule has 1 rings (SSSR count). The van der Waals surface area contributed by atoms with E-state index in [-0.39, 0.29) is 18.0 Å². The Morgan fingerprint density at radius 2 is 2.37 bits per heavy atom. The van der Waals surface area contributed by atoms with Crippen LogP contribution in [0.3, 0.4) is 0 Å². The van der Waals surface area contributed by atoms with E-state index < -0.39 is 0 Å². The van der Waals surface area contributed by atoms with E-state index in [9.17, 15) is 4.79 Å². The van der Waals surface area contributed by atoms with Gasteiger partial charge in [0.1, 0.15) is 0 Å². The molecule has 3 N–H and O–H groups in total. The van der Waals surface area contributed by atoms with Gasteiger partial charge in [0, 0.05) is 19.7 Å². The molecule has 0 saturated carbocycles. The summed E-state index contributed by atoms with van der Waals surface area (Å²) in [5.74, 6) is -0.0135. The van der Waals surface area contributed by atoms with Gasteiger partial charge in [-0.3, -0.25) is 9.69 Å². The molecule has 108 valence electrons. The lowest BCUT2D eigenvalue weighted by Gasteiger charge is -2.30. The summed E-state index contributed by atoms with van der Waals surface area (Å²) in [5.41, 5.74) is 7.20. The van der Waals surface area contributed by atoms with Crippen molar-refractivity contribution in [3.05, 3.63) is 22.4 Å². The highest BCUT2D eigenvalue weighted by Crippen LogP contribution is 2.24. The van der Waals surface area contributed by atoms with Gasteiger partial charge in [-0.05, 0) is 36.4 Å². The minimum atomic E-state index is -0.0358. The van der Waals surface area contributed by atoms with Crippen LogP contribution in [0.5, 0.6) is 0 Å². The minimum absolute atomic E-state index is 0.0135. The molecule has 2 unspecified atom stereocenters. The van der Waals surface area contributed by atoms with Crippen molar-refractivity contribution in [3.8, 4) is 0 Å². The molecule has 0 fully saturated rings. The zero-order valence-corrected chi connectivity index (χ0v) is 12.6. The number of methoxy groups -OCH3 is 1. The molecule has 1 aromatic rings. The number of carbonyl (C=O) groups is 1. The van der Waals surface area contributed by atoms with Crippen LogP contribution in [-0.2, 0) is 9.53 Å². The van der Waals surface area contributed by atoms with E-state index in [1.807, 2.05) is 24.3 Å². The summed E-state index contributed by atoms with van der Waals surface area (Å²) >= 11 is 1.64. The molecule has 5 nitrogen and oxygen atoms in total. The molecule has 0 bridgehead atoms. The van der Waals surface area contributed by atoms with Crippen LogP contribution in [0.25, 0.3) is 0 Å². The molecule has 0 aromatic carbocycles. The number of nitrogens with one attached hydrogen (secondary N) is 1. The highest BCUT2D eigenvalue weighted by atomic mass is 32.1. The second-order valence-corrected chi connectivity index (χ2v) is 5.40. The third kappa shape index (κ3) is 5.28. The molecule has 0 saturated heterocycles. The van der Waals surface area contributed by atoms with Crippen molar-refractivity contribution in [2.24, 2.45) is 5.73 Å². The quantitative estimate of drug-likeness (QED) is 0.694. The minimum Gasteiger partial charge on any atom is -0.383 e. The summed E-state index contributed by atoms with van der Waals surface area (Å²) in [6, 6.07) is 2.07. The van der Waals surface area contributed by atoms with Crippen LogP contribution in [-0.4, -0.2) is 50.7 Å². The third-order valence-electron chi connectivity index (χ3n) is 2.88. The fraction of sp³-hybridized carbons (Fsp3) is 0.615. The predicted molar refractivity (Wildman–Crippen MR) is 78.2 cm³/mol. The average molecular weight is 285 g/mol. The van der Waals surface area contributed by atoms with Crippen LogP contribution in [0.1, 0.15) is 18.5 Å². The zero-order chi connectivity index (χ0) is 14.3. The van der Waals surface area contributed by atoms with Gasteiger partial charge in [-0.2, -0.15) is 11.3 Å². The maximum atomic E-state index is 11.8. The second kappa shape index (κ2) is 8.27. The number of likely N-dealkylation sites (N-methyl/N-ethyl adjacent to an activating group) is 1. The molecular weight excluding hydrogens is 262 g/mol. The van der Waals surface area contributed by atoms with E-state index in [4.69, 9.17) is 10.5 Å². The predicted octanol–water partition coefficient (Wildman–Crippen LogP) is 0.831. The number of hydrogen-bond donors (Lipinski definition) is 2. The van der Waals surface area contributed by atoms with E-state index in [2.05, 4.69) is 16.8 Å². The monoisotopic (exact) mass is 285 g/mol. The van der Waals surface area contributed by atoms with E-state index in [0.29, 0.717) is 19.7 Å². The van der Waals surface area contributed by atoms with Crippen molar-refractivity contribution in [2.75, 3.05) is 33.9 Å². The molecule has 6 heteroatoms. The Morgan fingerprint density at radius 3 is 2.89 bits per heavy atom. The van der Waals surface area contributed by atoms with Crippen LogP contribution in [0.2, 0.25) is 0 Å². The first-order valence-corrected chi connectivity index (χ1v) is 7.24. The van der Waals surface area contributed by atoms with Crippen LogP contribution < -0.4 is 11.1 Å². The summed E-state index contributed by atoms with van der Waals surface area (Å²) in [6.07, 6.45) is 0. The lowest BCUT2D eigenvalue weighted by Crippen LogP contribution is -2.43. The van der Waals surface area contributed by atoms with Crippen LogP contribution in [0.15, 0.2) is 16.8 Å². The van der Waals surface area contributed by atoms with Gasteiger partial charge in [-0.1, -0.05) is 0 Å². The molecule has 1 aromatic heterocycles. The Morgan fingerprint density at radius 1 is 1.63 bits per heavy atom. The summed E-state index contributed by atoms with van der Waals surface area (Å²) < 4.78 is 4.89.